The summed E-state index contributed by atoms with van der Waals surface area (Å²) in [5.41, 5.74) is 2.95. The van der Waals surface area contributed by atoms with Crippen molar-refractivity contribution in [1.29, 1.82) is 0 Å². The second kappa shape index (κ2) is 8.15. The van der Waals surface area contributed by atoms with Gasteiger partial charge in [-0.1, -0.05) is 20.8 Å². The molecule has 0 unspecified atom stereocenters. The second-order valence-corrected chi connectivity index (χ2v) is 9.44. The molecule has 2 aromatic carbocycles. The topological polar surface area (TPSA) is 56.1 Å². The molecule has 1 saturated carbocycles. The van der Waals surface area contributed by atoms with Crippen LogP contribution < -0.4 is 10.1 Å². The van der Waals surface area contributed by atoms with Gasteiger partial charge in [0.25, 0.3) is 0 Å². The Balaban J connectivity index is 1.72. The number of carbonyl (C=O) groups excluding carboxylic acids is 1. The van der Waals surface area contributed by atoms with E-state index in [1.807, 2.05) is 12.1 Å². The monoisotopic (exact) mass is 445 g/mol. The smallest absolute Gasteiger partial charge is 0.406 e. The van der Waals surface area contributed by atoms with Gasteiger partial charge in [0.15, 0.2) is 0 Å². The molecule has 1 aliphatic carbocycles. The summed E-state index contributed by atoms with van der Waals surface area (Å²) < 4.78 is 43.4. The van der Waals surface area contributed by atoms with Gasteiger partial charge >= 0.3 is 6.36 Å². The van der Waals surface area contributed by atoms with Crippen molar-refractivity contribution in [2.75, 3.05) is 5.32 Å². The molecule has 0 aliphatic heterocycles. The Labute approximate surface area is 184 Å². The maximum absolute atomic E-state index is 12.4. The Morgan fingerprint density at radius 2 is 1.88 bits per heavy atom. The predicted octanol–water partition coefficient (Wildman–Crippen LogP) is 6.88. The number of hydrogen-bond acceptors (Lipinski definition) is 4. The summed E-state index contributed by atoms with van der Waals surface area (Å²) in [6, 6.07) is 11.1. The van der Waals surface area contributed by atoms with Crippen LogP contribution in [0.4, 0.5) is 24.8 Å². The van der Waals surface area contributed by atoms with Crippen LogP contribution in [0.1, 0.15) is 56.4 Å². The predicted molar refractivity (Wildman–Crippen MR) is 117 cm³/mol. The first-order valence-corrected chi connectivity index (χ1v) is 10.6. The van der Waals surface area contributed by atoms with E-state index in [1.165, 1.54) is 24.3 Å². The van der Waals surface area contributed by atoms with E-state index >= 15 is 0 Å². The number of nitrogens with one attached hydrogen (secondary N) is 1. The van der Waals surface area contributed by atoms with Gasteiger partial charge in [0.05, 0.1) is 11.0 Å². The summed E-state index contributed by atoms with van der Waals surface area (Å²) >= 11 is 0. The van der Waals surface area contributed by atoms with Crippen LogP contribution in [-0.2, 0) is 0 Å². The van der Waals surface area contributed by atoms with Crippen LogP contribution >= 0.6 is 0 Å². The Bertz CT molecular complexity index is 1120. The second-order valence-electron chi connectivity index (χ2n) is 9.44. The Morgan fingerprint density at radius 3 is 2.50 bits per heavy atom. The number of hydrogen-bond donors (Lipinski definition) is 1. The lowest BCUT2D eigenvalue weighted by atomic mass is 9.70. The number of rotatable bonds is 5. The van der Waals surface area contributed by atoms with Crippen molar-refractivity contribution < 1.29 is 22.7 Å². The third-order valence-corrected chi connectivity index (χ3v) is 5.92. The van der Waals surface area contributed by atoms with Crippen LogP contribution in [0.15, 0.2) is 42.5 Å². The van der Waals surface area contributed by atoms with Crippen molar-refractivity contribution in [3.05, 3.63) is 48.0 Å². The van der Waals surface area contributed by atoms with Crippen molar-refractivity contribution in [2.45, 2.75) is 52.4 Å². The van der Waals surface area contributed by atoms with Gasteiger partial charge in [-0.15, -0.1) is 13.2 Å². The van der Waals surface area contributed by atoms with Crippen molar-refractivity contribution >= 4 is 29.0 Å². The van der Waals surface area contributed by atoms with Crippen molar-refractivity contribution in [2.24, 2.45) is 11.3 Å². The highest BCUT2D eigenvalue weighted by Gasteiger charge is 2.35. The molecule has 1 aliphatic rings. The van der Waals surface area contributed by atoms with E-state index in [1.54, 1.807) is 6.07 Å². The van der Waals surface area contributed by atoms with Gasteiger partial charge < -0.3 is 14.6 Å². The van der Waals surface area contributed by atoms with Crippen LogP contribution in [-0.4, -0.2) is 22.2 Å². The van der Waals surface area contributed by atoms with Gasteiger partial charge in [0.2, 0.25) is 5.95 Å². The SMILES string of the molecule is C[C@H]1C[C@@H](n2c(Nc3ccc(OC(F)(F)F)cc3)nc3ccc(C=O)cc32)CC(C)(C)C1. The molecule has 5 nitrogen and oxygen atoms in total. The summed E-state index contributed by atoms with van der Waals surface area (Å²) in [5.74, 6) is 0.847. The van der Waals surface area contributed by atoms with Gasteiger partial charge in [-0.3, -0.25) is 4.79 Å². The third-order valence-electron chi connectivity index (χ3n) is 5.92. The highest BCUT2D eigenvalue weighted by Crippen LogP contribution is 2.46. The summed E-state index contributed by atoms with van der Waals surface area (Å²) in [7, 11) is 0. The number of alkyl halides is 3. The molecule has 0 amide bonds. The van der Waals surface area contributed by atoms with Crippen molar-refractivity contribution in [1.82, 2.24) is 9.55 Å². The van der Waals surface area contributed by atoms with E-state index in [2.05, 4.69) is 35.4 Å². The lowest BCUT2D eigenvalue weighted by Crippen LogP contribution is -2.29. The quantitative estimate of drug-likeness (QED) is 0.435. The molecule has 1 heterocycles. The molecule has 0 bridgehead atoms. The molecule has 170 valence electrons. The molecule has 0 spiro atoms. The number of fused-ring (bicyclic) bond motifs is 1. The van der Waals surface area contributed by atoms with Crippen molar-refractivity contribution in [3.63, 3.8) is 0 Å². The highest BCUT2D eigenvalue weighted by molar-refractivity contribution is 5.87. The first kappa shape index (κ1) is 22.2. The van der Waals surface area contributed by atoms with E-state index in [4.69, 9.17) is 4.98 Å². The van der Waals surface area contributed by atoms with E-state index in [-0.39, 0.29) is 17.2 Å². The summed E-state index contributed by atoms with van der Waals surface area (Å²) in [5, 5.41) is 3.26. The normalized spacial score (nSPS) is 20.8. The molecule has 1 N–H and O–H groups in total. The zero-order chi connectivity index (χ0) is 23.1. The average molecular weight is 445 g/mol. The molecule has 8 heteroatoms. The fourth-order valence-corrected chi connectivity index (χ4v) is 5.00. The van der Waals surface area contributed by atoms with Crippen LogP contribution in [0.3, 0.4) is 0 Å². The minimum atomic E-state index is -4.73. The maximum Gasteiger partial charge on any atom is 0.573 e. The average Bonchev–Trinajstić information content (AvgIpc) is 3.03. The van der Waals surface area contributed by atoms with E-state index in [9.17, 15) is 18.0 Å². The standard InChI is InChI=1S/C24H26F3N3O2/c1-15-10-18(13-23(2,3)12-15)30-21-11-16(14-31)4-9-20(21)29-22(30)28-17-5-7-19(8-6-17)32-24(25,26)27/h4-9,11,14-15,18H,10,12-13H2,1-3H3,(H,28,29)/t15-,18+/m0/s1. The first-order chi connectivity index (χ1) is 15.0. The number of halogens is 3. The largest absolute Gasteiger partial charge is 0.573 e. The Kier molecular flexibility index (Phi) is 5.65. The number of carbonyl (C=O) groups is 1. The number of benzene rings is 2. The molecule has 4 rings (SSSR count). The fraction of sp³-hybridized carbons (Fsp3) is 0.417. The van der Waals surface area contributed by atoms with Gasteiger partial charge in [-0.2, -0.15) is 0 Å². The van der Waals surface area contributed by atoms with Crippen molar-refractivity contribution in [3.8, 4) is 5.75 Å². The highest BCUT2D eigenvalue weighted by atomic mass is 19.4. The lowest BCUT2D eigenvalue weighted by molar-refractivity contribution is -0.274. The number of ether oxygens (including phenoxy) is 1. The molecule has 0 saturated heterocycles. The van der Waals surface area contributed by atoms with Crippen LogP contribution in [0.25, 0.3) is 11.0 Å². The molecular formula is C24H26F3N3O2. The molecular weight excluding hydrogens is 419 g/mol. The minimum absolute atomic E-state index is 0.162. The minimum Gasteiger partial charge on any atom is -0.406 e. The van der Waals surface area contributed by atoms with Gasteiger partial charge in [0.1, 0.15) is 12.0 Å². The first-order valence-electron chi connectivity index (χ1n) is 10.6. The number of aldehydes is 1. The van der Waals surface area contributed by atoms with Gasteiger partial charge in [-0.25, -0.2) is 4.98 Å². The zero-order valence-corrected chi connectivity index (χ0v) is 18.2. The Morgan fingerprint density at radius 1 is 1.16 bits per heavy atom. The zero-order valence-electron chi connectivity index (χ0n) is 18.2. The molecule has 2 atom stereocenters. The lowest BCUT2D eigenvalue weighted by Gasteiger charge is -2.40. The fourth-order valence-electron chi connectivity index (χ4n) is 5.00. The van der Waals surface area contributed by atoms with E-state index in [0.29, 0.717) is 23.1 Å². The summed E-state index contributed by atoms with van der Waals surface area (Å²) in [6.07, 6.45) is -0.839. The van der Waals surface area contributed by atoms with E-state index < -0.39 is 6.36 Å². The molecule has 3 aromatic rings. The van der Waals surface area contributed by atoms with Crippen LogP contribution in [0.2, 0.25) is 0 Å². The number of imidazole rings is 1. The number of nitrogens with zero attached hydrogens (tertiary/aromatic N) is 2. The third kappa shape index (κ3) is 4.89. The van der Waals surface area contributed by atoms with E-state index in [0.717, 1.165) is 36.6 Å². The summed E-state index contributed by atoms with van der Waals surface area (Å²) in [6.45, 7) is 6.77. The molecule has 1 fully saturated rings. The molecule has 0 radical (unpaired) electrons. The summed E-state index contributed by atoms with van der Waals surface area (Å²) in [4.78, 5) is 16.1. The maximum atomic E-state index is 12.4. The molecule has 32 heavy (non-hydrogen) atoms. The van der Waals surface area contributed by atoms with Gasteiger partial charge in [-0.05, 0) is 73.1 Å². The van der Waals surface area contributed by atoms with Gasteiger partial charge in [0, 0.05) is 17.3 Å². The van der Waals surface area contributed by atoms with Crippen LogP contribution in [0.5, 0.6) is 5.75 Å². The number of aromatic nitrogens is 2. The Hall–Kier alpha value is -3.03. The van der Waals surface area contributed by atoms with Crippen LogP contribution in [0, 0.1) is 11.3 Å². The number of anilines is 2. The molecule has 1 aromatic heterocycles.